The van der Waals surface area contributed by atoms with Gasteiger partial charge in [-0.25, -0.2) is 9.97 Å². The minimum Gasteiger partial charge on any atom is -0.456 e. The van der Waals surface area contributed by atoms with Crippen LogP contribution in [-0.2, 0) is 5.41 Å². The summed E-state index contributed by atoms with van der Waals surface area (Å²) in [6, 6.07) is 78.5. The molecule has 3 nitrogen and oxygen atoms in total. The minimum absolute atomic E-state index is 0.451. The van der Waals surface area contributed by atoms with Gasteiger partial charge in [0.2, 0.25) is 0 Å². The van der Waals surface area contributed by atoms with Crippen LogP contribution in [0.4, 0.5) is 0 Å². The van der Waals surface area contributed by atoms with Gasteiger partial charge in [-0.1, -0.05) is 176 Å². The van der Waals surface area contributed by atoms with Gasteiger partial charge in [0.1, 0.15) is 11.2 Å². The van der Waals surface area contributed by atoms with Crippen molar-refractivity contribution in [3.8, 4) is 78.4 Å². The van der Waals surface area contributed by atoms with Crippen molar-refractivity contribution in [3.63, 3.8) is 0 Å². The van der Waals surface area contributed by atoms with E-state index in [0.29, 0.717) is 5.82 Å². The Morgan fingerprint density at radius 1 is 0.306 bits per heavy atom. The monoisotopic (exact) mass is 788 g/mol. The van der Waals surface area contributed by atoms with E-state index in [1.54, 1.807) is 0 Å². The zero-order valence-corrected chi connectivity index (χ0v) is 33.6. The van der Waals surface area contributed by atoms with E-state index >= 15 is 0 Å². The summed E-state index contributed by atoms with van der Waals surface area (Å²) in [6.07, 6.45) is 0. The summed E-state index contributed by atoms with van der Waals surface area (Å²) in [6.45, 7) is 0. The predicted molar refractivity (Wildman–Crippen MR) is 253 cm³/mol. The Morgan fingerprint density at radius 3 is 1.58 bits per heavy atom. The quantitative estimate of drug-likeness (QED) is 0.174. The second-order valence-electron chi connectivity index (χ2n) is 16.4. The third kappa shape index (κ3) is 5.06. The van der Waals surface area contributed by atoms with Crippen LogP contribution in [0.2, 0.25) is 0 Å². The molecule has 3 heteroatoms. The maximum Gasteiger partial charge on any atom is 0.160 e. The summed E-state index contributed by atoms with van der Waals surface area (Å²) in [7, 11) is 0. The van der Waals surface area contributed by atoms with Crippen LogP contribution in [0.15, 0.2) is 223 Å². The highest BCUT2D eigenvalue weighted by Crippen LogP contribution is 2.64. The second-order valence-corrected chi connectivity index (χ2v) is 16.4. The summed E-state index contributed by atoms with van der Waals surface area (Å²) < 4.78 is 6.39. The maximum absolute atomic E-state index is 6.39. The van der Waals surface area contributed by atoms with Gasteiger partial charge < -0.3 is 4.42 Å². The molecule has 0 amide bonds. The minimum atomic E-state index is -0.451. The Balaban J connectivity index is 1.05. The Morgan fingerprint density at radius 2 is 0.839 bits per heavy atom. The third-order valence-electron chi connectivity index (χ3n) is 13.1. The smallest absolute Gasteiger partial charge is 0.160 e. The molecule has 2 aliphatic rings. The molecule has 13 rings (SSSR count). The van der Waals surface area contributed by atoms with Crippen molar-refractivity contribution in [2.75, 3.05) is 0 Å². The van der Waals surface area contributed by atoms with E-state index in [-0.39, 0.29) is 0 Å². The van der Waals surface area contributed by atoms with E-state index in [1.807, 2.05) is 18.2 Å². The summed E-state index contributed by atoms with van der Waals surface area (Å²) in [5.41, 5.74) is 20.8. The van der Waals surface area contributed by atoms with Crippen LogP contribution in [0.3, 0.4) is 0 Å². The molecule has 2 aliphatic carbocycles. The number of furan rings is 1. The number of hydrogen-bond acceptors (Lipinski definition) is 3. The van der Waals surface area contributed by atoms with Crippen LogP contribution in [0.5, 0.6) is 0 Å². The zero-order chi connectivity index (χ0) is 40.8. The van der Waals surface area contributed by atoms with Gasteiger partial charge in [0.05, 0.1) is 16.8 Å². The fourth-order valence-electron chi connectivity index (χ4n) is 10.5. The molecular weight excluding hydrogens is 753 g/mol. The van der Waals surface area contributed by atoms with Crippen molar-refractivity contribution in [3.05, 3.63) is 241 Å². The molecular formula is C59H36N2O. The predicted octanol–water partition coefficient (Wildman–Crippen LogP) is 15.1. The molecule has 0 saturated carbocycles. The van der Waals surface area contributed by atoms with Crippen molar-refractivity contribution in [1.82, 2.24) is 9.97 Å². The van der Waals surface area contributed by atoms with E-state index in [0.717, 1.165) is 72.3 Å². The van der Waals surface area contributed by atoms with E-state index in [9.17, 15) is 0 Å². The van der Waals surface area contributed by atoms with Crippen LogP contribution in [-0.4, -0.2) is 9.97 Å². The normalized spacial score (nSPS) is 13.0. The molecule has 0 N–H and O–H groups in total. The standard InChI is InChI=1S/C59H36N2O/c1-3-16-37(17-4-1)40-32-41(39-30-31-46-45-22-10-14-29-55(45)62-56(46)35-39)34-42(33-40)53-36-54(61-58(60-53)38-18-5-2-6-19-38)48-24-15-28-52-57(48)47-23-9-13-27-51(47)59(52)49-25-11-7-20-43(49)44-21-8-12-26-50(44)59/h1-36H. The fourth-order valence-corrected chi connectivity index (χ4v) is 10.5. The lowest BCUT2D eigenvalue weighted by Crippen LogP contribution is -2.25. The van der Waals surface area contributed by atoms with Gasteiger partial charge in [0.15, 0.2) is 5.82 Å². The summed E-state index contributed by atoms with van der Waals surface area (Å²) in [5, 5.41) is 2.23. The fraction of sp³-hybridized carbons (Fsp3) is 0.0169. The first-order valence-corrected chi connectivity index (χ1v) is 21.2. The molecule has 288 valence electrons. The van der Waals surface area contributed by atoms with E-state index in [1.165, 1.54) is 44.5 Å². The molecule has 1 spiro atoms. The largest absolute Gasteiger partial charge is 0.456 e. The van der Waals surface area contributed by atoms with Gasteiger partial charge in [0.25, 0.3) is 0 Å². The summed E-state index contributed by atoms with van der Waals surface area (Å²) in [5.74, 6) is 0.684. The topological polar surface area (TPSA) is 38.9 Å². The molecule has 0 radical (unpaired) electrons. The van der Waals surface area contributed by atoms with Gasteiger partial charge >= 0.3 is 0 Å². The number of benzene rings is 9. The van der Waals surface area contributed by atoms with Gasteiger partial charge in [-0.3, -0.25) is 0 Å². The van der Waals surface area contributed by atoms with Crippen molar-refractivity contribution < 1.29 is 4.42 Å². The highest BCUT2D eigenvalue weighted by atomic mass is 16.3. The average Bonchev–Trinajstić information content (AvgIpc) is 3.98. The highest BCUT2D eigenvalue weighted by Gasteiger charge is 2.52. The van der Waals surface area contributed by atoms with Crippen LogP contribution in [0.25, 0.3) is 100 Å². The van der Waals surface area contributed by atoms with Crippen LogP contribution >= 0.6 is 0 Å². The molecule has 0 aliphatic heterocycles. The Hall–Kier alpha value is -8.14. The van der Waals surface area contributed by atoms with Crippen LogP contribution < -0.4 is 0 Å². The molecule has 9 aromatic carbocycles. The first-order chi connectivity index (χ1) is 30.7. The lowest BCUT2D eigenvalue weighted by molar-refractivity contribution is 0.669. The van der Waals surface area contributed by atoms with Crippen molar-refractivity contribution >= 4 is 21.9 Å². The van der Waals surface area contributed by atoms with Crippen molar-refractivity contribution in [1.29, 1.82) is 0 Å². The molecule has 62 heavy (non-hydrogen) atoms. The number of aromatic nitrogens is 2. The van der Waals surface area contributed by atoms with Gasteiger partial charge in [-0.15, -0.1) is 0 Å². The number of rotatable bonds is 5. The molecule has 0 unspecified atom stereocenters. The summed E-state index contributed by atoms with van der Waals surface area (Å²) in [4.78, 5) is 10.8. The first kappa shape index (κ1) is 34.7. The van der Waals surface area contributed by atoms with Gasteiger partial charge in [0, 0.05) is 27.5 Å². The first-order valence-electron chi connectivity index (χ1n) is 21.2. The second kappa shape index (κ2) is 13.4. The zero-order valence-electron chi connectivity index (χ0n) is 33.6. The van der Waals surface area contributed by atoms with E-state index in [4.69, 9.17) is 14.4 Å². The molecule has 0 atom stereocenters. The van der Waals surface area contributed by atoms with E-state index < -0.39 is 5.41 Å². The molecule has 2 aromatic heterocycles. The maximum atomic E-state index is 6.39. The molecule has 0 saturated heterocycles. The molecule has 11 aromatic rings. The van der Waals surface area contributed by atoms with Gasteiger partial charge in [-0.05, 0) is 109 Å². The van der Waals surface area contributed by atoms with Crippen LogP contribution in [0.1, 0.15) is 22.3 Å². The number of hydrogen-bond donors (Lipinski definition) is 0. The number of para-hydroxylation sites is 1. The lowest BCUT2D eigenvalue weighted by Gasteiger charge is -2.30. The summed E-state index contributed by atoms with van der Waals surface area (Å²) >= 11 is 0. The Labute approximate surface area is 359 Å². The van der Waals surface area contributed by atoms with Crippen molar-refractivity contribution in [2.24, 2.45) is 0 Å². The number of nitrogens with zero attached hydrogens (tertiary/aromatic N) is 2. The highest BCUT2D eigenvalue weighted by molar-refractivity contribution is 6.06. The Bertz CT molecular complexity index is 3540. The SMILES string of the molecule is c1ccc(-c2cc(-c3ccc4c(c3)oc3ccccc34)cc(-c3cc(-c4cccc5c4-c4ccccc4C54c5ccccc5-c5ccccc54)nc(-c4ccccc4)n3)c2)cc1. The molecule has 2 heterocycles. The lowest BCUT2D eigenvalue weighted by atomic mass is 9.70. The van der Waals surface area contributed by atoms with E-state index in [2.05, 4.69) is 200 Å². The van der Waals surface area contributed by atoms with Gasteiger partial charge in [-0.2, -0.15) is 0 Å². The van der Waals surface area contributed by atoms with Crippen molar-refractivity contribution in [2.45, 2.75) is 5.41 Å². The molecule has 0 fully saturated rings. The Kier molecular flexibility index (Phi) is 7.52. The third-order valence-corrected chi connectivity index (χ3v) is 13.1. The number of fused-ring (bicyclic) bond motifs is 13. The van der Waals surface area contributed by atoms with Crippen LogP contribution in [0, 0.1) is 0 Å². The average molecular weight is 789 g/mol. The molecule has 0 bridgehead atoms.